The number of ether oxygens (including phenoxy) is 1. The fourth-order valence-corrected chi connectivity index (χ4v) is 1.73. The van der Waals surface area contributed by atoms with Gasteiger partial charge in [-0.25, -0.2) is 0 Å². The largest absolute Gasteiger partial charge is 0.381 e. The van der Waals surface area contributed by atoms with Crippen molar-refractivity contribution in [3.63, 3.8) is 0 Å². The van der Waals surface area contributed by atoms with Crippen LogP contribution in [0.1, 0.15) is 47.0 Å². The first kappa shape index (κ1) is 13.9. The number of hydrogen-bond donors (Lipinski definition) is 1. The van der Waals surface area contributed by atoms with Gasteiger partial charge in [0.15, 0.2) is 0 Å². The van der Waals surface area contributed by atoms with Crippen molar-refractivity contribution >= 4 is 0 Å². The summed E-state index contributed by atoms with van der Waals surface area (Å²) < 4.78 is 5.54. The minimum absolute atomic E-state index is 0.319. The van der Waals surface area contributed by atoms with Crippen LogP contribution in [-0.2, 0) is 4.74 Å². The Morgan fingerprint density at radius 3 is 2.36 bits per heavy atom. The third-order valence-electron chi connectivity index (χ3n) is 2.49. The van der Waals surface area contributed by atoms with E-state index in [0.717, 1.165) is 26.3 Å². The van der Waals surface area contributed by atoms with Gasteiger partial charge in [-0.3, -0.25) is 0 Å². The third-order valence-corrected chi connectivity index (χ3v) is 2.49. The maximum Gasteiger partial charge on any atom is 0.0531 e. The van der Waals surface area contributed by atoms with Crippen LogP contribution in [0.25, 0.3) is 0 Å². The molecule has 1 N–H and O–H groups in total. The fraction of sp³-hybridized carbons (Fsp3) is 1.00. The first-order valence-electron chi connectivity index (χ1n) is 5.97. The molecule has 0 aliphatic rings. The molecule has 0 spiro atoms. The summed E-state index contributed by atoms with van der Waals surface area (Å²) in [6.45, 7) is 12.7. The molecule has 0 aliphatic heterocycles. The molecule has 0 saturated carbocycles. The lowest BCUT2D eigenvalue weighted by Gasteiger charge is -2.29. The van der Waals surface area contributed by atoms with Gasteiger partial charge >= 0.3 is 0 Å². The molecule has 0 rings (SSSR count). The maximum atomic E-state index is 5.54. The number of nitrogens with one attached hydrogen (secondary N) is 1. The molecule has 0 aromatic heterocycles. The van der Waals surface area contributed by atoms with Gasteiger partial charge < -0.3 is 10.1 Å². The van der Waals surface area contributed by atoms with Crippen LogP contribution in [0.4, 0.5) is 0 Å². The van der Waals surface area contributed by atoms with Crippen LogP contribution in [0.2, 0.25) is 0 Å². The van der Waals surface area contributed by atoms with E-state index < -0.39 is 0 Å². The second kappa shape index (κ2) is 8.25. The van der Waals surface area contributed by atoms with Gasteiger partial charge in [0.05, 0.1) is 6.61 Å². The predicted octanol–water partition coefficient (Wildman–Crippen LogP) is 2.83. The molecule has 0 heterocycles. The molecule has 0 fully saturated rings. The molecule has 0 aromatic rings. The first-order valence-corrected chi connectivity index (χ1v) is 5.97. The van der Waals surface area contributed by atoms with E-state index in [4.69, 9.17) is 4.74 Å². The van der Waals surface area contributed by atoms with Gasteiger partial charge in [0, 0.05) is 18.6 Å². The second-order valence-corrected chi connectivity index (χ2v) is 4.37. The van der Waals surface area contributed by atoms with Crippen LogP contribution in [0.15, 0.2) is 0 Å². The number of rotatable bonds is 9. The van der Waals surface area contributed by atoms with E-state index in [-0.39, 0.29) is 0 Å². The highest BCUT2D eigenvalue weighted by molar-refractivity contribution is 4.76. The van der Waals surface area contributed by atoms with Gasteiger partial charge in [0.25, 0.3) is 0 Å². The Labute approximate surface area is 89.4 Å². The molecule has 2 heteroatoms. The Morgan fingerprint density at radius 2 is 1.86 bits per heavy atom. The Balaban J connectivity index is 3.82. The Hall–Kier alpha value is -0.0800. The molecular weight excluding hydrogens is 174 g/mol. The highest BCUT2D eigenvalue weighted by atomic mass is 16.5. The lowest BCUT2D eigenvalue weighted by Crippen LogP contribution is -2.36. The molecule has 0 aromatic carbocycles. The lowest BCUT2D eigenvalue weighted by molar-refractivity contribution is 0.0549. The summed E-state index contributed by atoms with van der Waals surface area (Å²) in [7, 11) is 0. The molecule has 14 heavy (non-hydrogen) atoms. The third kappa shape index (κ3) is 6.39. The minimum atomic E-state index is 0.319. The molecule has 2 nitrogen and oxygen atoms in total. The Morgan fingerprint density at radius 1 is 1.14 bits per heavy atom. The quantitative estimate of drug-likeness (QED) is 0.579. The normalized spacial score (nSPS) is 15.4. The summed E-state index contributed by atoms with van der Waals surface area (Å²) in [6.07, 6.45) is 3.68. The van der Waals surface area contributed by atoms with Crippen LogP contribution in [0, 0.1) is 5.41 Å². The summed E-state index contributed by atoms with van der Waals surface area (Å²) in [5.41, 5.74) is 0.319. The Kier molecular flexibility index (Phi) is 8.20. The molecule has 0 bridgehead atoms. The van der Waals surface area contributed by atoms with Gasteiger partial charge in [-0.05, 0) is 26.3 Å². The monoisotopic (exact) mass is 201 g/mol. The minimum Gasteiger partial charge on any atom is -0.381 e. The average molecular weight is 201 g/mol. The van der Waals surface area contributed by atoms with Crippen molar-refractivity contribution < 1.29 is 4.74 Å². The molecule has 0 saturated heterocycles. The van der Waals surface area contributed by atoms with Gasteiger partial charge in [-0.1, -0.05) is 27.2 Å². The van der Waals surface area contributed by atoms with Crippen molar-refractivity contribution in [3.05, 3.63) is 0 Å². The maximum absolute atomic E-state index is 5.54. The van der Waals surface area contributed by atoms with Gasteiger partial charge in [-0.2, -0.15) is 0 Å². The van der Waals surface area contributed by atoms with Crippen LogP contribution >= 0.6 is 0 Å². The second-order valence-electron chi connectivity index (χ2n) is 4.37. The average Bonchev–Trinajstić information content (AvgIpc) is 2.16. The van der Waals surface area contributed by atoms with E-state index in [9.17, 15) is 0 Å². The predicted molar refractivity (Wildman–Crippen MR) is 62.7 cm³/mol. The van der Waals surface area contributed by atoms with E-state index in [1.54, 1.807) is 0 Å². The van der Waals surface area contributed by atoms with E-state index in [1.165, 1.54) is 19.3 Å². The van der Waals surface area contributed by atoms with E-state index >= 15 is 0 Å². The lowest BCUT2D eigenvalue weighted by atomic mass is 9.86. The van der Waals surface area contributed by atoms with Crippen molar-refractivity contribution in [3.8, 4) is 0 Å². The SMILES string of the molecule is CCCNCC(C)(CCC)COCC. The molecule has 0 aliphatic carbocycles. The van der Waals surface area contributed by atoms with Crippen molar-refractivity contribution in [2.24, 2.45) is 5.41 Å². The van der Waals surface area contributed by atoms with Crippen molar-refractivity contribution in [2.45, 2.75) is 47.0 Å². The molecule has 1 unspecified atom stereocenters. The highest BCUT2D eigenvalue weighted by Crippen LogP contribution is 2.22. The van der Waals surface area contributed by atoms with Gasteiger partial charge in [-0.15, -0.1) is 0 Å². The summed E-state index contributed by atoms with van der Waals surface area (Å²) >= 11 is 0. The Bertz CT molecular complexity index is 127. The summed E-state index contributed by atoms with van der Waals surface area (Å²) in [4.78, 5) is 0. The van der Waals surface area contributed by atoms with E-state index in [1.807, 2.05) is 0 Å². The van der Waals surface area contributed by atoms with E-state index in [0.29, 0.717) is 5.41 Å². The first-order chi connectivity index (χ1) is 6.68. The van der Waals surface area contributed by atoms with Crippen LogP contribution in [-0.4, -0.2) is 26.3 Å². The molecule has 86 valence electrons. The van der Waals surface area contributed by atoms with Crippen LogP contribution in [0.3, 0.4) is 0 Å². The fourth-order valence-electron chi connectivity index (χ4n) is 1.73. The smallest absolute Gasteiger partial charge is 0.0531 e. The standard InChI is InChI=1S/C12H27NO/c1-5-8-12(4,11-14-7-3)10-13-9-6-2/h13H,5-11H2,1-4H3. The van der Waals surface area contributed by atoms with Crippen molar-refractivity contribution in [1.82, 2.24) is 5.32 Å². The van der Waals surface area contributed by atoms with Crippen LogP contribution in [0.5, 0.6) is 0 Å². The zero-order valence-corrected chi connectivity index (χ0v) is 10.4. The molecular formula is C12H27NO. The van der Waals surface area contributed by atoms with Crippen LogP contribution < -0.4 is 5.32 Å². The highest BCUT2D eigenvalue weighted by Gasteiger charge is 2.22. The molecule has 0 amide bonds. The zero-order valence-electron chi connectivity index (χ0n) is 10.4. The van der Waals surface area contributed by atoms with Gasteiger partial charge in [0.2, 0.25) is 0 Å². The topological polar surface area (TPSA) is 21.3 Å². The van der Waals surface area contributed by atoms with Gasteiger partial charge in [0.1, 0.15) is 0 Å². The summed E-state index contributed by atoms with van der Waals surface area (Å²) in [5.74, 6) is 0. The molecule has 0 radical (unpaired) electrons. The summed E-state index contributed by atoms with van der Waals surface area (Å²) in [6, 6.07) is 0. The van der Waals surface area contributed by atoms with Crippen molar-refractivity contribution in [1.29, 1.82) is 0 Å². The number of hydrogen-bond acceptors (Lipinski definition) is 2. The summed E-state index contributed by atoms with van der Waals surface area (Å²) in [5, 5.41) is 3.49. The zero-order chi connectivity index (χ0) is 10.9. The molecule has 1 atom stereocenters. The van der Waals surface area contributed by atoms with E-state index in [2.05, 4.69) is 33.0 Å². The van der Waals surface area contributed by atoms with Crippen molar-refractivity contribution in [2.75, 3.05) is 26.3 Å².